The fourth-order valence-electron chi connectivity index (χ4n) is 2.66. The van der Waals surface area contributed by atoms with Crippen LogP contribution in [-0.4, -0.2) is 28.1 Å². The predicted octanol–water partition coefficient (Wildman–Crippen LogP) is 3.18. The molecule has 7 heteroatoms. The van der Waals surface area contributed by atoms with Gasteiger partial charge in [-0.1, -0.05) is 11.6 Å². The molecular weight excluding hydrogens is 314 g/mol. The van der Waals surface area contributed by atoms with Gasteiger partial charge in [0.2, 0.25) is 0 Å². The number of nitrogens with one attached hydrogen (secondary N) is 2. The van der Waals surface area contributed by atoms with Crippen molar-refractivity contribution in [3.63, 3.8) is 0 Å². The summed E-state index contributed by atoms with van der Waals surface area (Å²) in [5.41, 5.74) is 10.2. The zero-order valence-corrected chi connectivity index (χ0v) is 12.9. The van der Waals surface area contributed by atoms with E-state index in [1.54, 1.807) is 12.3 Å². The third kappa shape index (κ3) is 2.57. The minimum atomic E-state index is 0.352. The van der Waals surface area contributed by atoms with Crippen molar-refractivity contribution in [1.29, 1.82) is 0 Å². The first kappa shape index (κ1) is 13.9. The number of halogens is 1. The number of hydrogen-bond donors (Lipinski definition) is 3. The van der Waals surface area contributed by atoms with Crippen molar-refractivity contribution in [2.45, 2.75) is 0 Å². The molecule has 0 atom stereocenters. The van der Waals surface area contributed by atoms with Gasteiger partial charge in [-0.15, -0.1) is 0 Å². The molecule has 116 valence electrons. The van der Waals surface area contributed by atoms with Crippen molar-refractivity contribution in [2.24, 2.45) is 0 Å². The number of aromatic amines is 1. The number of aromatic nitrogens is 3. The maximum Gasteiger partial charge on any atom is 0.198 e. The monoisotopic (exact) mass is 327 g/mol. The van der Waals surface area contributed by atoms with Gasteiger partial charge in [0.1, 0.15) is 17.5 Å². The van der Waals surface area contributed by atoms with E-state index < -0.39 is 0 Å². The van der Waals surface area contributed by atoms with E-state index in [9.17, 15) is 0 Å². The number of nitrogens with two attached hydrogens (primary N) is 1. The zero-order valence-electron chi connectivity index (χ0n) is 12.1. The second-order valence-electron chi connectivity index (χ2n) is 5.20. The van der Waals surface area contributed by atoms with Gasteiger partial charge >= 0.3 is 0 Å². The zero-order chi connectivity index (χ0) is 15.8. The minimum Gasteiger partial charge on any atom is -0.490 e. The summed E-state index contributed by atoms with van der Waals surface area (Å²) < 4.78 is 5.61. The van der Waals surface area contributed by atoms with Crippen molar-refractivity contribution in [2.75, 3.05) is 24.2 Å². The second-order valence-corrected chi connectivity index (χ2v) is 5.59. The number of rotatable bonds is 2. The Kier molecular flexibility index (Phi) is 3.31. The quantitative estimate of drug-likeness (QED) is 0.629. The van der Waals surface area contributed by atoms with Crippen LogP contribution in [0.1, 0.15) is 0 Å². The highest BCUT2D eigenvalue weighted by atomic mass is 35.5. The van der Waals surface area contributed by atoms with Gasteiger partial charge < -0.3 is 20.8 Å². The Hall–Kier alpha value is -2.73. The van der Waals surface area contributed by atoms with Crippen LogP contribution >= 0.6 is 11.6 Å². The van der Waals surface area contributed by atoms with Crippen molar-refractivity contribution in [1.82, 2.24) is 15.0 Å². The number of pyridine rings is 1. The normalized spacial score (nSPS) is 13.1. The van der Waals surface area contributed by atoms with Crippen LogP contribution in [0.2, 0.25) is 5.15 Å². The highest BCUT2D eigenvalue weighted by Gasteiger charge is 2.16. The predicted molar refractivity (Wildman–Crippen MR) is 90.7 cm³/mol. The fraction of sp³-hybridized carbons (Fsp3) is 0.125. The summed E-state index contributed by atoms with van der Waals surface area (Å²) in [6, 6.07) is 9.55. The molecule has 1 aliphatic rings. The van der Waals surface area contributed by atoms with Crippen molar-refractivity contribution in [3.8, 4) is 28.3 Å². The molecule has 0 unspecified atom stereocenters. The summed E-state index contributed by atoms with van der Waals surface area (Å²) in [6.45, 7) is 1.45. The highest BCUT2D eigenvalue weighted by Crippen LogP contribution is 2.36. The Balaban J connectivity index is 1.83. The van der Waals surface area contributed by atoms with Crippen LogP contribution in [0.3, 0.4) is 0 Å². The number of benzene rings is 1. The Labute approximate surface area is 137 Å². The van der Waals surface area contributed by atoms with Gasteiger partial charge in [-0.2, -0.15) is 0 Å². The number of ether oxygens (including phenoxy) is 1. The average Bonchev–Trinajstić information content (AvgIpc) is 2.96. The molecule has 2 aromatic heterocycles. The molecule has 0 saturated carbocycles. The smallest absolute Gasteiger partial charge is 0.198 e. The van der Waals surface area contributed by atoms with E-state index in [1.807, 2.05) is 24.3 Å². The molecule has 0 radical (unpaired) electrons. The molecule has 0 bridgehead atoms. The summed E-state index contributed by atoms with van der Waals surface area (Å²) in [4.78, 5) is 11.5. The molecular formula is C16H14ClN5O. The van der Waals surface area contributed by atoms with Crippen LogP contribution in [0.15, 0.2) is 36.5 Å². The molecule has 0 saturated heterocycles. The van der Waals surface area contributed by atoms with Gasteiger partial charge in [0.15, 0.2) is 5.95 Å². The summed E-state index contributed by atoms with van der Waals surface area (Å²) in [5, 5.41) is 3.74. The Bertz CT molecular complexity index is 877. The van der Waals surface area contributed by atoms with E-state index in [0.717, 1.165) is 40.5 Å². The fourth-order valence-corrected chi connectivity index (χ4v) is 2.83. The van der Waals surface area contributed by atoms with Crippen LogP contribution < -0.4 is 15.8 Å². The first-order valence-electron chi connectivity index (χ1n) is 7.19. The van der Waals surface area contributed by atoms with E-state index in [4.69, 9.17) is 22.1 Å². The van der Waals surface area contributed by atoms with Crippen LogP contribution in [0.4, 0.5) is 11.6 Å². The third-order valence-corrected chi connectivity index (χ3v) is 3.87. The van der Waals surface area contributed by atoms with Gasteiger partial charge in [-0.25, -0.2) is 9.97 Å². The van der Waals surface area contributed by atoms with Crippen molar-refractivity contribution in [3.05, 3.63) is 41.7 Å². The number of imidazole rings is 1. The third-order valence-electron chi connectivity index (χ3n) is 3.67. The van der Waals surface area contributed by atoms with Gasteiger partial charge in [0.25, 0.3) is 0 Å². The first-order chi connectivity index (χ1) is 11.2. The van der Waals surface area contributed by atoms with Gasteiger partial charge in [0, 0.05) is 23.9 Å². The average molecular weight is 328 g/mol. The maximum absolute atomic E-state index is 5.99. The standard InChI is InChI=1S/C16H14ClN5O/c17-13-8-10(3-4-20-13)15-14(21-16(18)22-15)9-1-2-12-11(7-9)19-5-6-23-12/h1-4,7-8,19H,5-6H2,(H3,18,21,22). The van der Waals surface area contributed by atoms with Crippen LogP contribution in [0.5, 0.6) is 5.75 Å². The van der Waals surface area contributed by atoms with Crippen LogP contribution in [0.25, 0.3) is 22.5 Å². The summed E-state index contributed by atoms with van der Waals surface area (Å²) >= 11 is 5.99. The summed E-state index contributed by atoms with van der Waals surface area (Å²) in [5.74, 6) is 1.20. The van der Waals surface area contributed by atoms with Gasteiger partial charge in [-0.05, 0) is 30.3 Å². The number of nitrogens with zero attached hydrogens (tertiary/aromatic N) is 2. The topological polar surface area (TPSA) is 88.8 Å². The molecule has 0 aliphatic carbocycles. The summed E-state index contributed by atoms with van der Waals surface area (Å²) in [7, 11) is 0. The molecule has 4 rings (SSSR count). The second kappa shape index (κ2) is 5.48. The first-order valence-corrected chi connectivity index (χ1v) is 7.57. The molecule has 4 N–H and O–H groups in total. The molecule has 3 heterocycles. The molecule has 23 heavy (non-hydrogen) atoms. The lowest BCUT2D eigenvalue weighted by atomic mass is 10.0. The lowest BCUT2D eigenvalue weighted by Crippen LogP contribution is -2.17. The molecule has 1 aliphatic heterocycles. The van der Waals surface area contributed by atoms with E-state index in [0.29, 0.717) is 17.7 Å². The molecule has 1 aromatic carbocycles. The van der Waals surface area contributed by atoms with Crippen LogP contribution in [0, 0.1) is 0 Å². The SMILES string of the molecule is Nc1nc(-c2ccc3c(c2)NCCO3)c(-c2ccnc(Cl)c2)[nH]1. The number of fused-ring (bicyclic) bond motifs is 1. The Morgan fingerprint density at radius 2 is 2.09 bits per heavy atom. The van der Waals surface area contributed by atoms with Gasteiger partial charge in [-0.3, -0.25) is 0 Å². The number of hydrogen-bond acceptors (Lipinski definition) is 5. The molecule has 0 amide bonds. The van der Waals surface area contributed by atoms with Crippen molar-refractivity contribution >= 4 is 23.2 Å². The van der Waals surface area contributed by atoms with Crippen LogP contribution in [-0.2, 0) is 0 Å². The molecule has 6 nitrogen and oxygen atoms in total. The lowest BCUT2D eigenvalue weighted by Gasteiger charge is -2.19. The molecule has 0 fully saturated rings. The highest BCUT2D eigenvalue weighted by molar-refractivity contribution is 6.29. The van der Waals surface area contributed by atoms with E-state index in [-0.39, 0.29) is 0 Å². The molecule has 0 spiro atoms. The van der Waals surface area contributed by atoms with E-state index in [1.165, 1.54) is 0 Å². The largest absolute Gasteiger partial charge is 0.490 e. The summed E-state index contributed by atoms with van der Waals surface area (Å²) in [6.07, 6.45) is 1.65. The minimum absolute atomic E-state index is 0.352. The lowest BCUT2D eigenvalue weighted by molar-refractivity contribution is 0.323. The Morgan fingerprint density at radius 3 is 2.96 bits per heavy atom. The number of H-pyrrole nitrogens is 1. The maximum atomic E-state index is 5.99. The Morgan fingerprint density at radius 1 is 1.17 bits per heavy atom. The van der Waals surface area contributed by atoms with E-state index in [2.05, 4.69) is 20.3 Å². The molecule has 3 aromatic rings. The van der Waals surface area contributed by atoms with Crippen molar-refractivity contribution < 1.29 is 4.74 Å². The van der Waals surface area contributed by atoms with E-state index >= 15 is 0 Å². The van der Waals surface area contributed by atoms with Gasteiger partial charge in [0.05, 0.1) is 17.1 Å². The number of nitrogen functional groups attached to an aromatic ring is 1. The number of anilines is 2.